The number of hydrogen-bond donors (Lipinski definition) is 1. The maximum atomic E-state index is 5.75. The van der Waals surface area contributed by atoms with Gasteiger partial charge in [-0.1, -0.05) is 20.8 Å². The molecular formula is C17H34N2O. The van der Waals surface area contributed by atoms with Crippen LogP contribution in [0.3, 0.4) is 0 Å². The van der Waals surface area contributed by atoms with Gasteiger partial charge >= 0.3 is 0 Å². The smallest absolute Gasteiger partial charge is 0.0593 e. The molecule has 0 spiro atoms. The normalized spacial score (nSPS) is 29.2. The number of nitrogens with one attached hydrogen (secondary N) is 1. The lowest BCUT2D eigenvalue weighted by Gasteiger charge is -2.33. The molecule has 2 saturated carbocycles. The minimum atomic E-state index is 0.448. The molecule has 0 aromatic heterocycles. The highest BCUT2D eigenvalue weighted by Gasteiger charge is 2.41. The van der Waals surface area contributed by atoms with Crippen molar-refractivity contribution in [2.75, 3.05) is 39.9 Å². The average Bonchev–Trinajstić information content (AvgIpc) is 3.17. The van der Waals surface area contributed by atoms with Gasteiger partial charge in [-0.3, -0.25) is 0 Å². The van der Waals surface area contributed by atoms with Crippen LogP contribution in [0.2, 0.25) is 0 Å². The largest absolute Gasteiger partial charge is 0.380 e. The minimum Gasteiger partial charge on any atom is -0.380 e. The molecule has 2 unspecified atom stereocenters. The molecule has 0 bridgehead atoms. The van der Waals surface area contributed by atoms with Gasteiger partial charge in [-0.15, -0.1) is 0 Å². The van der Waals surface area contributed by atoms with Crippen molar-refractivity contribution in [1.82, 2.24) is 10.2 Å². The summed E-state index contributed by atoms with van der Waals surface area (Å²) in [7, 11) is 2.24. The molecule has 118 valence electrons. The molecule has 0 aromatic rings. The van der Waals surface area contributed by atoms with Crippen molar-refractivity contribution in [1.29, 1.82) is 0 Å². The molecule has 2 atom stereocenters. The number of rotatable bonds is 9. The molecule has 1 N–H and O–H groups in total. The molecule has 0 saturated heterocycles. The average molecular weight is 282 g/mol. The van der Waals surface area contributed by atoms with Crippen LogP contribution in [0.4, 0.5) is 0 Å². The SMILES string of the molecule is CCNC1C(CN(C)CCOCC2CC2)CCC1(C)C. The predicted molar refractivity (Wildman–Crippen MR) is 85.0 cm³/mol. The van der Waals surface area contributed by atoms with E-state index >= 15 is 0 Å². The topological polar surface area (TPSA) is 24.5 Å². The third-order valence-corrected chi connectivity index (χ3v) is 5.11. The van der Waals surface area contributed by atoms with Gasteiger partial charge in [0.2, 0.25) is 0 Å². The number of nitrogens with zero attached hydrogens (tertiary/aromatic N) is 1. The Morgan fingerprint density at radius 2 is 2.00 bits per heavy atom. The summed E-state index contributed by atoms with van der Waals surface area (Å²) in [5.74, 6) is 1.67. The van der Waals surface area contributed by atoms with E-state index in [2.05, 4.69) is 38.0 Å². The van der Waals surface area contributed by atoms with Crippen molar-refractivity contribution in [3.8, 4) is 0 Å². The van der Waals surface area contributed by atoms with Crippen LogP contribution in [-0.2, 0) is 4.74 Å². The summed E-state index contributed by atoms with van der Waals surface area (Å²) in [6.07, 6.45) is 5.48. The molecule has 2 rings (SSSR count). The van der Waals surface area contributed by atoms with E-state index in [1.165, 1.54) is 32.2 Å². The van der Waals surface area contributed by atoms with Gasteiger partial charge in [0.05, 0.1) is 6.61 Å². The van der Waals surface area contributed by atoms with Crippen molar-refractivity contribution in [3.05, 3.63) is 0 Å². The van der Waals surface area contributed by atoms with Gasteiger partial charge in [0.1, 0.15) is 0 Å². The van der Waals surface area contributed by atoms with Gasteiger partial charge in [-0.05, 0) is 56.5 Å². The first kappa shape index (κ1) is 16.3. The molecule has 2 aliphatic carbocycles. The standard InChI is InChI=1S/C17H34N2O/c1-5-18-16-15(8-9-17(16,2)3)12-19(4)10-11-20-13-14-6-7-14/h14-16,18H,5-13H2,1-4H3. The van der Waals surface area contributed by atoms with Gasteiger partial charge in [-0.2, -0.15) is 0 Å². The number of hydrogen-bond acceptors (Lipinski definition) is 3. The molecule has 0 radical (unpaired) electrons. The number of likely N-dealkylation sites (N-methyl/N-ethyl adjacent to an activating group) is 1. The summed E-state index contributed by atoms with van der Waals surface area (Å²) in [6.45, 7) is 12.3. The molecule has 20 heavy (non-hydrogen) atoms. The molecule has 3 heteroatoms. The van der Waals surface area contributed by atoms with Crippen molar-refractivity contribution in [2.24, 2.45) is 17.3 Å². The summed E-state index contributed by atoms with van der Waals surface area (Å²) >= 11 is 0. The highest BCUT2D eigenvalue weighted by Crippen LogP contribution is 2.41. The lowest BCUT2D eigenvalue weighted by atomic mass is 9.84. The first-order valence-electron chi connectivity index (χ1n) is 8.52. The Morgan fingerprint density at radius 1 is 1.25 bits per heavy atom. The van der Waals surface area contributed by atoms with Crippen LogP contribution < -0.4 is 5.32 Å². The fourth-order valence-electron chi connectivity index (χ4n) is 3.62. The summed E-state index contributed by atoms with van der Waals surface area (Å²) in [5.41, 5.74) is 0.448. The van der Waals surface area contributed by atoms with Crippen LogP contribution in [0.25, 0.3) is 0 Å². The van der Waals surface area contributed by atoms with E-state index in [9.17, 15) is 0 Å². The molecule has 0 heterocycles. The molecule has 3 nitrogen and oxygen atoms in total. The zero-order valence-corrected chi connectivity index (χ0v) is 14.0. The van der Waals surface area contributed by atoms with Crippen molar-refractivity contribution < 1.29 is 4.74 Å². The summed E-state index contributed by atoms with van der Waals surface area (Å²) < 4.78 is 5.75. The fourth-order valence-corrected chi connectivity index (χ4v) is 3.62. The van der Waals surface area contributed by atoms with Crippen LogP contribution in [0.1, 0.15) is 46.5 Å². The third kappa shape index (κ3) is 4.71. The minimum absolute atomic E-state index is 0.448. The highest BCUT2D eigenvalue weighted by molar-refractivity contribution is 4.96. The summed E-state index contributed by atoms with van der Waals surface area (Å²) in [6, 6.07) is 0.669. The first-order chi connectivity index (χ1) is 9.53. The van der Waals surface area contributed by atoms with Crippen molar-refractivity contribution >= 4 is 0 Å². The fraction of sp³-hybridized carbons (Fsp3) is 1.00. The summed E-state index contributed by atoms with van der Waals surface area (Å²) in [5, 5.41) is 3.72. The Labute approximate surface area is 125 Å². The maximum Gasteiger partial charge on any atom is 0.0593 e. The van der Waals surface area contributed by atoms with E-state index in [-0.39, 0.29) is 0 Å². The van der Waals surface area contributed by atoms with Crippen LogP contribution in [-0.4, -0.2) is 50.8 Å². The van der Waals surface area contributed by atoms with E-state index in [0.717, 1.165) is 38.1 Å². The first-order valence-corrected chi connectivity index (χ1v) is 8.52. The van der Waals surface area contributed by atoms with E-state index in [4.69, 9.17) is 4.74 Å². The molecular weight excluding hydrogens is 248 g/mol. The molecule has 2 aliphatic rings. The summed E-state index contributed by atoms with van der Waals surface area (Å²) in [4.78, 5) is 2.46. The van der Waals surface area contributed by atoms with Gasteiger partial charge in [0.25, 0.3) is 0 Å². The van der Waals surface area contributed by atoms with Gasteiger partial charge < -0.3 is 15.0 Å². The Balaban J connectivity index is 1.67. The molecule has 0 aliphatic heterocycles. The Kier molecular flexibility index (Phi) is 5.88. The molecule has 0 aromatic carbocycles. The Hall–Kier alpha value is -0.120. The van der Waals surface area contributed by atoms with Gasteiger partial charge in [0, 0.05) is 25.7 Å². The second-order valence-electron chi connectivity index (χ2n) is 7.60. The zero-order chi connectivity index (χ0) is 14.6. The van der Waals surface area contributed by atoms with Gasteiger partial charge in [0.15, 0.2) is 0 Å². The van der Waals surface area contributed by atoms with Crippen molar-refractivity contribution in [2.45, 2.75) is 52.5 Å². The second-order valence-corrected chi connectivity index (χ2v) is 7.60. The molecule has 2 fully saturated rings. The maximum absolute atomic E-state index is 5.75. The zero-order valence-electron chi connectivity index (χ0n) is 14.0. The van der Waals surface area contributed by atoms with Crippen LogP contribution >= 0.6 is 0 Å². The second kappa shape index (κ2) is 7.24. The van der Waals surface area contributed by atoms with Crippen molar-refractivity contribution in [3.63, 3.8) is 0 Å². The molecule has 0 amide bonds. The van der Waals surface area contributed by atoms with E-state index in [1.54, 1.807) is 0 Å². The lowest BCUT2D eigenvalue weighted by Crippen LogP contribution is -2.45. The highest BCUT2D eigenvalue weighted by atomic mass is 16.5. The lowest BCUT2D eigenvalue weighted by molar-refractivity contribution is 0.0961. The monoisotopic (exact) mass is 282 g/mol. The van der Waals surface area contributed by atoms with Crippen LogP contribution in [0.15, 0.2) is 0 Å². The van der Waals surface area contributed by atoms with Crippen LogP contribution in [0.5, 0.6) is 0 Å². The number of ether oxygens (including phenoxy) is 1. The Morgan fingerprint density at radius 3 is 2.65 bits per heavy atom. The van der Waals surface area contributed by atoms with E-state index in [1.807, 2.05) is 0 Å². The van der Waals surface area contributed by atoms with E-state index in [0.29, 0.717) is 11.5 Å². The quantitative estimate of drug-likeness (QED) is 0.658. The third-order valence-electron chi connectivity index (χ3n) is 5.11. The van der Waals surface area contributed by atoms with Crippen LogP contribution in [0, 0.1) is 17.3 Å². The van der Waals surface area contributed by atoms with E-state index < -0.39 is 0 Å². The Bertz CT molecular complexity index is 289. The van der Waals surface area contributed by atoms with Gasteiger partial charge in [-0.25, -0.2) is 0 Å². The predicted octanol–water partition coefficient (Wildman–Crippen LogP) is 2.76.